The van der Waals surface area contributed by atoms with Crippen LogP contribution in [0.2, 0.25) is 0 Å². The smallest absolute Gasteiger partial charge is 0.124 e. The molecule has 9 heteroatoms. The van der Waals surface area contributed by atoms with E-state index in [-0.39, 0.29) is 0 Å². The lowest BCUT2D eigenvalue weighted by Crippen LogP contribution is -2.14. The van der Waals surface area contributed by atoms with Gasteiger partial charge in [0.25, 0.3) is 0 Å². The van der Waals surface area contributed by atoms with Crippen LogP contribution in [0.15, 0.2) is 83.3 Å². The predicted octanol–water partition coefficient (Wildman–Crippen LogP) is 4.61. The van der Waals surface area contributed by atoms with Crippen LogP contribution in [0, 0.1) is 0 Å². The molecule has 2 heterocycles. The molecule has 0 aliphatic carbocycles. The summed E-state index contributed by atoms with van der Waals surface area (Å²) in [5, 5.41) is 11.7. The SMILES string of the molecule is C/N=N\N(/C=C/COc1ccc2nc(N)ccc2c1)CCCOc1ccc2nc(N)ccc2c1. The molecular formula is C25H27N7O2. The van der Waals surface area contributed by atoms with Crippen LogP contribution in [0.25, 0.3) is 21.8 Å². The van der Waals surface area contributed by atoms with Gasteiger partial charge < -0.3 is 20.9 Å². The fourth-order valence-corrected chi connectivity index (χ4v) is 3.41. The maximum Gasteiger partial charge on any atom is 0.124 e. The topological polar surface area (TPSA) is 124 Å². The van der Waals surface area contributed by atoms with Crippen LogP contribution in [0.3, 0.4) is 0 Å². The molecule has 9 nitrogen and oxygen atoms in total. The number of rotatable bonds is 10. The van der Waals surface area contributed by atoms with Crippen molar-refractivity contribution >= 4 is 33.4 Å². The van der Waals surface area contributed by atoms with Crippen LogP contribution >= 0.6 is 0 Å². The molecular weight excluding hydrogens is 430 g/mol. The van der Waals surface area contributed by atoms with Crippen LogP contribution in [0.4, 0.5) is 11.6 Å². The average Bonchev–Trinajstić information content (AvgIpc) is 2.84. The maximum atomic E-state index is 5.88. The second kappa shape index (κ2) is 11.0. The first-order chi connectivity index (χ1) is 16.6. The van der Waals surface area contributed by atoms with Crippen LogP contribution in [0.1, 0.15) is 6.42 Å². The van der Waals surface area contributed by atoms with Gasteiger partial charge in [-0.3, -0.25) is 5.01 Å². The summed E-state index contributed by atoms with van der Waals surface area (Å²) < 4.78 is 11.7. The number of ether oxygens (including phenoxy) is 2. The monoisotopic (exact) mass is 457 g/mol. The highest BCUT2D eigenvalue weighted by molar-refractivity contribution is 5.82. The molecule has 4 rings (SSSR count). The molecule has 0 bridgehead atoms. The van der Waals surface area contributed by atoms with Crippen LogP contribution < -0.4 is 20.9 Å². The first-order valence-electron chi connectivity index (χ1n) is 10.9. The standard InChI is InChI=1S/C25H27N7O2/c1-28-31-32(12-2-14-33-20-6-8-22-18(16-20)4-10-24(26)29-22)13-3-15-34-21-7-9-23-19(17-21)5-11-25(27)30-23/h2,4-12,16-17H,3,13-15H2,1H3,(H2,26,29)(H2,27,30)/b12-2+,31-28-. The minimum atomic E-state index is 0.399. The van der Waals surface area contributed by atoms with Crippen molar-refractivity contribution in [1.29, 1.82) is 0 Å². The van der Waals surface area contributed by atoms with Crippen molar-refractivity contribution in [3.8, 4) is 11.5 Å². The van der Waals surface area contributed by atoms with Gasteiger partial charge in [-0.05, 0) is 66.7 Å². The number of nitrogens with two attached hydrogens (primary N) is 2. The van der Waals surface area contributed by atoms with E-state index >= 15 is 0 Å². The molecule has 0 atom stereocenters. The molecule has 2 aromatic heterocycles. The molecule has 0 unspecified atom stereocenters. The van der Waals surface area contributed by atoms with Gasteiger partial charge in [-0.15, -0.1) is 0 Å². The molecule has 0 aliphatic heterocycles. The summed E-state index contributed by atoms with van der Waals surface area (Å²) in [7, 11) is 1.64. The Labute approximate surface area is 197 Å². The van der Waals surface area contributed by atoms with Gasteiger partial charge in [-0.25, -0.2) is 9.97 Å². The summed E-state index contributed by atoms with van der Waals surface area (Å²) in [6.07, 6.45) is 4.51. The van der Waals surface area contributed by atoms with Crippen molar-refractivity contribution in [2.45, 2.75) is 6.42 Å². The summed E-state index contributed by atoms with van der Waals surface area (Å²) in [5.41, 5.74) is 13.1. The van der Waals surface area contributed by atoms with E-state index in [4.69, 9.17) is 20.9 Å². The molecule has 174 valence electrons. The Balaban J connectivity index is 1.24. The number of nitrogen functional groups attached to an aromatic ring is 2. The molecule has 4 N–H and O–H groups in total. The van der Waals surface area contributed by atoms with Gasteiger partial charge in [-0.2, -0.15) is 5.11 Å². The number of hydrogen-bond acceptors (Lipinski definition) is 8. The van der Waals surface area contributed by atoms with Gasteiger partial charge in [0, 0.05) is 29.9 Å². The number of fused-ring (bicyclic) bond motifs is 2. The van der Waals surface area contributed by atoms with Gasteiger partial charge in [0.2, 0.25) is 0 Å². The maximum absolute atomic E-state index is 5.88. The Bertz CT molecular complexity index is 1320. The molecule has 0 radical (unpaired) electrons. The number of aromatic nitrogens is 2. The van der Waals surface area contributed by atoms with Crippen LogP contribution in [-0.2, 0) is 0 Å². The van der Waals surface area contributed by atoms with E-state index in [1.54, 1.807) is 24.2 Å². The summed E-state index contributed by atoms with van der Waals surface area (Å²) in [6, 6.07) is 18.9. The summed E-state index contributed by atoms with van der Waals surface area (Å²) in [5.74, 6) is 2.55. The van der Waals surface area contributed by atoms with E-state index in [0.29, 0.717) is 31.4 Å². The van der Waals surface area contributed by atoms with E-state index in [2.05, 4.69) is 20.3 Å². The number of nitrogens with zero attached hydrogens (tertiary/aromatic N) is 5. The molecule has 4 aromatic rings. The second-order valence-electron chi connectivity index (χ2n) is 7.53. The lowest BCUT2D eigenvalue weighted by Gasteiger charge is -2.13. The van der Waals surface area contributed by atoms with Crippen molar-refractivity contribution in [2.75, 3.05) is 38.3 Å². The van der Waals surface area contributed by atoms with Gasteiger partial charge in [0.15, 0.2) is 0 Å². The molecule has 2 aromatic carbocycles. The third kappa shape index (κ3) is 6.10. The number of anilines is 2. The fourth-order valence-electron chi connectivity index (χ4n) is 3.41. The zero-order valence-electron chi connectivity index (χ0n) is 19.0. The largest absolute Gasteiger partial charge is 0.494 e. The summed E-state index contributed by atoms with van der Waals surface area (Å²) in [4.78, 5) is 8.59. The molecule has 34 heavy (non-hydrogen) atoms. The minimum absolute atomic E-state index is 0.399. The molecule has 0 amide bonds. The van der Waals surface area contributed by atoms with Crippen molar-refractivity contribution < 1.29 is 9.47 Å². The highest BCUT2D eigenvalue weighted by atomic mass is 16.5. The molecule has 0 saturated heterocycles. The molecule has 0 fully saturated rings. The fraction of sp³-hybridized carbons (Fsp3) is 0.200. The minimum Gasteiger partial charge on any atom is -0.494 e. The lowest BCUT2D eigenvalue weighted by molar-refractivity contribution is 0.273. The van der Waals surface area contributed by atoms with E-state index < -0.39 is 0 Å². The van der Waals surface area contributed by atoms with Crippen LogP contribution in [-0.4, -0.2) is 41.8 Å². The molecule has 0 aliphatic rings. The Morgan fingerprint density at radius 1 is 0.853 bits per heavy atom. The lowest BCUT2D eigenvalue weighted by atomic mass is 10.2. The Kier molecular flexibility index (Phi) is 7.34. The third-order valence-electron chi connectivity index (χ3n) is 4.99. The molecule has 0 spiro atoms. The number of benzene rings is 2. The van der Waals surface area contributed by atoms with E-state index in [1.807, 2.05) is 60.8 Å². The second-order valence-corrected chi connectivity index (χ2v) is 7.53. The molecule has 0 saturated carbocycles. The highest BCUT2D eigenvalue weighted by Gasteiger charge is 2.02. The zero-order valence-corrected chi connectivity index (χ0v) is 19.0. The normalized spacial score (nSPS) is 11.6. The quantitative estimate of drug-likeness (QED) is 0.202. The Hall–Kier alpha value is -4.40. The number of hydrogen-bond donors (Lipinski definition) is 2. The Morgan fingerprint density at radius 3 is 2.09 bits per heavy atom. The van der Waals surface area contributed by atoms with Gasteiger partial charge >= 0.3 is 0 Å². The zero-order chi connectivity index (χ0) is 23.8. The predicted molar refractivity (Wildman–Crippen MR) is 135 cm³/mol. The van der Waals surface area contributed by atoms with Crippen molar-refractivity contribution in [1.82, 2.24) is 15.0 Å². The number of pyridine rings is 2. The average molecular weight is 458 g/mol. The summed E-state index contributed by atoms with van der Waals surface area (Å²) in [6.45, 7) is 1.60. The Morgan fingerprint density at radius 2 is 1.47 bits per heavy atom. The van der Waals surface area contributed by atoms with E-state index in [1.165, 1.54) is 0 Å². The van der Waals surface area contributed by atoms with Crippen molar-refractivity contribution in [2.24, 2.45) is 10.3 Å². The van der Waals surface area contributed by atoms with Gasteiger partial charge in [-0.1, -0.05) is 5.22 Å². The van der Waals surface area contributed by atoms with Crippen molar-refractivity contribution in [3.63, 3.8) is 0 Å². The van der Waals surface area contributed by atoms with Gasteiger partial charge in [0.05, 0.1) is 24.7 Å². The third-order valence-corrected chi connectivity index (χ3v) is 4.99. The van der Waals surface area contributed by atoms with E-state index in [0.717, 1.165) is 39.7 Å². The summed E-state index contributed by atoms with van der Waals surface area (Å²) >= 11 is 0. The van der Waals surface area contributed by atoms with E-state index in [9.17, 15) is 0 Å². The first-order valence-corrected chi connectivity index (χ1v) is 10.9. The van der Waals surface area contributed by atoms with Crippen LogP contribution in [0.5, 0.6) is 11.5 Å². The first kappa shape index (κ1) is 22.8. The van der Waals surface area contributed by atoms with Gasteiger partial charge in [0.1, 0.15) is 29.7 Å². The van der Waals surface area contributed by atoms with Crippen molar-refractivity contribution in [3.05, 3.63) is 72.9 Å². The highest BCUT2D eigenvalue weighted by Crippen LogP contribution is 2.21.